The molecular weight excluding hydrogens is 376 g/mol. The number of hydrogen-bond acceptors (Lipinski definition) is 1. The van der Waals surface area contributed by atoms with E-state index in [2.05, 4.69) is 27.3 Å². The lowest BCUT2D eigenvalue weighted by Gasteiger charge is -2.05. The monoisotopic (exact) mass is 390 g/mol. The summed E-state index contributed by atoms with van der Waals surface area (Å²) in [6.07, 6.45) is 3.91. The Kier molecular flexibility index (Phi) is 5.74. The van der Waals surface area contributed by atoms with E-state index in [0.29, 0.717) is 6.54 Å². The third kappa shape index (κ3) is 4.30. The summed E-state index contributed by atoms with van der Waals surface area (Å²) < 4.78 is 2.93. The van der Waals surface area contributed by atoms with Gasteiger partial charge >= 0.3 is 0 Å². The Balaban J connectivity index is 0.00000192. The van der Waals surface area contributed by atoms with Crippen LogP contribution in [0.25, 0.3) is 10.8 Å². The number of nitrogens with zero attached hydrogens (tertiary/aromatic N) is 1. The van der Waals surface area contributed by atoms with Gasteiger partial charge in [0.1, 0.15) is 0 Å². The van der Waals surface area contributed by atoms with Crippen LogP contribution in [0.5, 0.6) is 0 Å². The van der Waals surface area contributed by atoms with Crippen molar-refractivity contribution in [3.05, 3.63) is 71.0 Å². The number of nitrogens with one attached hydrogen (secondary N) is 1. The first-order valence-corrected chi connectivity index (χ1v) is 7.85. The summed E-state index contributed by atoms with van der Waals surface area (Å²) in [5.41, 5.74) is 1.91. The molecule has 0 aliphatic rings. The molecule has 1 N–H and O–H groups in total. The topological polar surface area (TPSA) is 33.0 Å². The number of fused-ring (bicyclic) bond motifs is 1. The van der Waals surface area contributed by atoms with Crippen molar-refractivity contribution >= 4 is 38.3 Å². The SMILES string of the molecule is Cc1cc(NC(=O)C[n+]2ccc3ccccc3c2)ccc1Br.[Cl-]. The fourth-order valence-corrected chi connectivity index (χ4v) is 2.61. The van der Waals surface area contributed by atoms with Crippen LogP contribution in [0.2, 0.25) is 0 Å². The molecule has 2 aromatic carbocycles. The van der Waals surface area contributed by atoms with E-state index in [1.165, 1.54) is 5.39 Å². The van der Waals surface area contributed by atoms with Crippen LogP contribution in [0, 0.1) is 6.92 Å². The van der Waals surface area contributed by atoms with Crippen molar-refractivity contribution in [1.82, 2.24) is 0 Å². The van der Waals surface area contributed by atoms with Gasteiger partial charge in [-0.15, -0.1) is 0 Å². The zero-order valence-electron chi connectivity index (χ0n) is 12.6. The number of aryl methyl sites for hydroxylation is 1. The molecule has 1 heterocycles. The van der Waals surface area contributed by atoms with Crippen molar-refractivity contribution in [1.29, 1.82) is 0 Å². The van der Waals surface area contributed by atoms with Crippen molar-refractivity contribution in [2.24, 2.45) is 0 Å². The first-order valence-electron chi connectivity index (χ1n) is 7.06. The van der Waals surface area contributed by atoms with Crippen molar-refractivity contribution in [2.45, 2.75) is 13.5 Å². The molecule has 3 rings (SSSR count). The number of anilines is 1. The standard InChI is InChI=1S/C18H15BrN2O.ClH/c1-13-10-16(6-7-17(13)19)20-18(22)12-21-9-8-14-4-2-3-5-15(14)11-21;/h2-11H,12H2,1H3;1H. The fraction of sp³-hybridized carbons (Fsp3) is 0.111. The zero-order valence-corrected chi connectivity index (χ0v) is 14.9. The predicted molar refractivity (Wildman–Crippen MR) is 91.7 cm³/mol. The minimum absolute atomic E-state index is 0. The average Bonchev–Trinajstić information content (AvgIpc) is 2.51. The number of hydrogen-bond donors (Lipinski definition) is 1. The number of amides is 1. The van der Waals surface area contributed by atoms with Crippen LogP contribution in [-0.2, 0) is 11.3 Å². The number of carbonyl (C=O) groups is 1. The largest absolute Gasteiger partial charge is 1.00 e. The Morgan fingerprint density at radius 1 is 1.13 bits per heavy atom. The second kappa shape index (κ2) is 7.57. The highest BCUT2D eigenvalue weighted by Crippen LogP contribution is 2.19. The molecule has 0 fully saturated rings. The lowest BCUT2D eigenvalue weighted by molar-refractivity contribution is -0.682. The maximum atomic E-state index is 12.2. The number of carbonyl (C=O) groups excluding carboxylic acids is 1. The maximum Gasteiger partial charge on any atom is 0.290 e. The highest BCUT2D eigenvalue weighted by atomic mass is 79.9. The van der Waals surface area contributed by atoms with Gasteiger partial charge in [0.05, 0.1) is 0 Å². The van der Waals surface area contributed by atoms with Gasteiger partial charge in [-0.25, -0.2) is 0 Å². The van der Waals surface area contributed by atoms with E-state index >= 15 is 0 Å². The fourth-order valence-electron chi connectivity index (χ4n) is 2.37. The summed E-state index contributed by atoms with van der Waals surface area (Å²) in [6.45, 7) is 2.29. The van der Waals surface area contributed by atoms with Crippen LogP contribution < -0.4 is 22.3 Å². The summed E-state index contributed by atoms with van der Waals surface area (Å²) in [7, 11) is 0. The minimum atomic E-state index is -0.0398. The molecule has 0 bridgehead atoms. The number of aromatic nitrogens is 1. The third-order valence-electron chi connectivity index (χ3n) is 3.51. The Morgan fingerprint density at radius 3 is 2.61 bits per heavy atom. The second-order valence-corrected chi connectivity index (χ2v) is 6.11. The summed E-state index contributed by atoms with van der Waals surface area (Å²) in [5, 5.41) is 5.22. The van der Waals surface area contributed by atoms with Crippen molar-refractivity contribution < 1.29 is 21.8 Å². The van der Waals surface area contributed by atoms with E-state index in [1.807, 2.05) is 66.3 Å². The molecule has 118 valence electrons. The molecule has 3 aromatic rings. The summed E-state index contributed by atoms with van der Waals surface area (Å²) >= 11 is 3.46. The smallest absolute Gasteiger partial charge is 0.290 e. The minimum Gasteiger partial charge on any atom is -1.00 e. The molecule has 0 aliphatic heterocycles. The van der Waals surface area contributed by atoms with Gasteiger partial charge in [0.2, 0.25) is 6.54 Å². The van der Waals surface area contributed by atoms with Gasteiger partial charge in [0.25, 0.3) is 5.91 Å². The van der Waals surface area contributed by atoms with E-state index in [4.69, 9.17) is 0 Å². The molecule has 0 radical (unpaired) electrons. The maximum absolute atomic E-state index is 12.2. The average molecular weight is 392 g/mol. The molecule has 1 amide bonds. The van der Waals surface area contributed by atoms with Gasteiger partial charge in [-0.1, -0.05) is 34.1 Å². The molecule has 23 heavy (non-hydrogen) atoms. The molecule has 3 nitrogen and oxygen atoms in total. The number of rotatable bonds is 3. The normalized spacial score (nSPS) is 10.2. The zero-order chi connectivity index (χ0) is 15.5. The molecule has 5 heteroatoms. The van der Waals surface area contributed by atoms with Crippen LogP contribution >= 0.6 is 15.9 Å². The summed E-state index contributed by atoms with van der Waals surface area (Å²) in [4.78, 5) is 12.2. The second-order valence-electron chi connectivity index (χ2n) is 5.26. The molecular formula is C18H16BrClN2O. The molecule has 1 aromatic heterocycles. The van der Waals surface area contributed by atoms with Crippen molar-refractivity contribution in [2.75, 3.05) is 5.32 Å². The van der Waals surface area contributed by atoms with Crippen LogP contribution in [0.4, 0.5) is 5.69 Å². The number of halogens is 2. The third-order valence-corrected chi connectivity index (χ3v) is 4.40. The number of benzene rings is 2. The van der Waals surface area contributed by atoms with Gasteiger partial charge in [-0.2, -0.15) is 4.57 Å². The van der Waals surface area contributed by atoms with Crippen LogP contribution in [0.15, 0.2) is 65.4 Å². The highest BCUT2D eigenvalue weighted by Gasteiger charge is 2.10. The molecule has 0 aliphatic carbocycles. The lowest BCUT2D eigenvalue weighted by Crippen LogP contribution is -3.00. The predicted octanol–water partition coefficient (Wildman–Crippen LogP) is 0.841. The van der Waals surface area contributed by atoms with Crippen LogP contribution in [-0.4, -0.2) is 5.91 Å². The van der Waals surface area contributed by atoms with Crippen molar-refractivity contribution in [3.8, 4) is 0 Å². The van der Waals surface area contributed by atoms with Gasteiger partial charge in [0, 0.05) is 21.6 Å². The first-order chi connectivity index (χ1) is 10.6. The van der Waals surface area contributed by atoms with Crippen LogP contribution in [0.1, 0.15) is 5.56 Å². The van der Waals surface area contributed by atoms with Crippen LogP contribution in [0.3, 0.4) is 0 Å². The van der Waals surface area contributed by atoms with E-state index in [9.17, 15) is 4.79 Å². The number of pyridine rings is 1. The molecule has 0 atom stereocenters. The van der Waals surface area contributed by atoms with E-state index in [1.54, 1.807) is 0 Å². The molecule has 0 unspecified atom stereocenters. The van der Waals surface area contributed by atoms with Gasteiger partial charge in [-0.3, -0.25) is 4.79 Å². The molecule has 0 saturated heterocycles. The van der Waals surface area contributed by atoms with E-state index in [0.717, 1.165) is 21.1 Å². The molecule has 0 spiro atoms. The highest BCUT2D eigenvalue weighted by molar-refractivity contribution is 9.10. The van der Waals surface area contributed by atoms with Gasteiger partial charge in [-0.05, 0) is 42.1 Å². The quantitative estimate of drug-likeness (QED) is 0.660. The summed E-state index contributed by atoms with van der Waals surface area (Å²) in [5.74, 6) is -0.0398. The van der Waals surface area contributed by atoms with E-state index in [-0.39, 0.29) is 18.3 Å². The Labute approximate surface area is 149 Å². The Hall–Kier alpha value is -1.91. The van der Waals surface area contributed by atoms with Crippen molar-refractivity contribution in [3.63, 3.8) is 0 Å². The first kappa shape index (κ1) is 17.4. The van der Waals surface area contributed by atoms with E-state index < -0.39 is 0 Å². The Bertz CT molecular complexity index is 851. The van der Waals surface area contributed by atoms with Gasteiger partial charge < -0.3 is 17.7 Å². The molecule has 0 saturated carbocycles. The Morgan fingerprint density at radius 2 is 1.87 bits per heavy atom. The summed E-state index contributed by atoms with van der Waals surface area (Å²) in [6, 6.07) is 15.9. The lowest BCUT2D eigenvalue weighted by atomic mass is 10.2. The van der Waals surface area contributed by atoms with Gasteiger partial charge in [0.15, 0.2) is 12.4 Å².